The fourth-order valence-corrected chi connectivity index (χ4v) is 13.8. The van der Waals surface area contributed by atoms with E-state index in [1.54, 1.807) is 24.3 Å². The number of primary amides is 2. The number of amides is 6. The van der Waals surface area contributed by atoms with Gasteiger partial charge in [-0.3, -0.25) is 39.6 Å². The van der Waals surface area contributed by atoms with E-state index in [1.807, 2.05) is 52.0 Å². The molecule has 3 aromatic carbocycles. The molecule has 0 spiro atoms. The Morgan fingerprint density at radius 2 is 0.938 bits per heavy atom. The SMILES string of the molecule is CC(C)(C)c1ccc(N2[C@H](C3CCCN3[C@]3(C(=O)NC(=O)O)c4ccc(cc4)C(C(N)=O)C3(C)C)CC[C@H]2C2CCCN2[C@]2(C(=O)NC(=O)O)c3ccc(cc3)C(C(N)=O)C2(C)C)cc1. The number of hydrogen-bond acceptors (Lipinski definition) is 9. The van der Waals surface area contributed by atoms with Gasteiger partial charge in [0.05, 0.1) is 11.8 Å². The molecule has 0 aromatic heterocycles. The van der Waals surface area contributed by atoms with E-state index in [4.69, 9.17) is 11.5 Å². The molecule has 6 amide bonds. The molecule has 3 fully saturated rings. The average Bonchev–Trinajstić information content (AvgIpc) is 3.94. The Morgan fingerprint density at radius 1 is 0.569 bits per heavy atom. The highest BCUT2D eigenvalue weighted by atomic mass is 16.4. The molecule has 3 saturated heterocycles. The van der Waals surface area contributed by atoms with Crippen LogP contribution in [0.1, 0.15) is 127 Å². The van der Waals surface area contributed by atoms with Gasteiger partial charge in [0.1, 0.15) is 11.1 Å². The molecule has 8 atom stereocenters. The van der Waals surface area contributed by atoms with Crippen molar-refractivity contribution in [2.24, 2.45) is 22.3 Å². The maximum atomic E-state index is 15.0. The molecule has 15 heteroatoms. The molecule has 4 unspecified atom stereocenters. The minimum absolute atomic E-state index is 0.143. The molecule has 7 aliphatic rings. The van der Waals surface area contributed by atoms with Gasteiger partial charge < -0.3 is 26.6 Å². The van der Waals surface area contributed by atoms with Crippen LogP contribution in [0.5, 0.6) is 0 Å². The molecule has 65 heavy (non-hydrogen) atoms. The van der Waals surface area contributed by atoms with Crippen LogP contribution < -0.4 is 27.0 Å². The monoisotopic (exact) mass is 889 g/mol. The van der Waals surface area contributed by atoms with E-state index in [0.29, 0.717) is 73.9 Å². The zero-order valence-electron chi connectivity index (χ0n) is 38.4. The number of carbonyl (C=O) groups excluding carboxylic acids is 4. The van der Waals surface area contributed by atoms with Crippen molar-refractivity contribution in [3.63, 3.8) is 0 Å². The van der Waals surface area contributed by atoms with Gasteiger partial charge in [-0.1, -0.05) is 109 Å². The van der Waals surface area contributed by atoms with Gasteiger partial charge in [-0.2, -0.15) is 0 Å². The third-order valence-corrected chi connectivity index (χ3v) is 16.2. The van der Waals surface area contributed by atoms with Crippen molar-refractivity contribution in [2.75, 3.05) is 18.0 Å². The lowest BCUT2D eigenvalue weighted by atomic mass is 9.60. The molecule has 346 valence electrons. The van der Waals surface area contributed by atoms with Crippen molar-refractivity contribution in [2.45, 2.75) is 139 Å². The van der Waals surface area contributed by atoms with Crippen LogP contribution in [0.4, 0.5) is 15.3 Å². The maximum absolute atomic E-state index is 15.0. The van der Waals surface area contributed by atoms with Crippen LogP contribution in [-0.2, 0) is 35.7 Å². The number of fused-ring (bicyclic) bond motifs is 8. The summed E-state index contributed by atoms with van der Waals surface area (Å²) in [6.07, 6.45) is 0.985. The van der Waals surface area contributed by atoms with E-state index in [9.17, 15) is 29.4 Å². The predicted molar refractivity (Wildman–Crippen MR) is 244 cm³/mol. The highest BCUT2D eigenvalue weighted by Crippen LogP contribution is 2.60. The van der Waals surface area contributed by atoms with Gasteiger partial charge in [-0.05, 0) is 97.0 Å². The Morgan fingerprint density at radius 3 is 1.26 bits per heavy atom. The summed E-state index contributed by atoms with van der Waals surface area (Å²) in [4.78, 5) is 88.8. The molecular formula is C50H63N7O8. The molecule has 3 aromatic rings. The summed E-state index contributed by atoms with van der Waals surface area (Å²) in [7, 11) is 0. The van der Waals surface area contributed by atoms with Gasteiger partial charge in [0, 0.05) is 40.7 Å². The number of nitrogens with one attached hydrogen (secondary N) is 2. The van der Waals surface area contributed by atoms with Crippen molar-refractivity contribution in [1.29, 1.82) is 0 Å². The smallest absolute Gasteiger partial charge is 0.411 e. The number of nitrogens with two attached hydrogens (primary N) is 2. The topological polar surface area (TPSA) is 229 Å². The second kappa shape index (κ2) is 16.0. The van der Waals surface area contributed by atoms with Gasteiger partial charge in [-0.25, -0.2) is 9.59 Å². The summed E-state index contributed by atoms with van der Waals surface area (Å²) in [6, 6.07) is 21.8. The minimum atomic E-state index is -1.66. The first-order valence-corrected chi connectivity index (χ1v) is 22.8. The fourth-order valence-electron chi connectivity index (χ4n) is 13.8. The number of anilines is 1. The normalized spacial score (nSPS) is 30.4. The second-order valence-corrected chi connectivity index (χ2v) is 21.0. The lowest BCUT2D eigenvalue weighted by Crippen LogP contribution is -2.70. The quantitative estimate of drug-likeness (QED) is 0.149. The summed E-state index contributed by atoms with van der Waals surface area (Å²) in [5.74, 6) is -4.62. The predicted octanol–water partition coefficient (Wildman–Crippen LogP) is 5.85. The van der Waals surface area contributed by atoms with Crippen molar-refractivity contribution >= 4 is 41.5 Å². The number of carbonyl (C=O) groups is 6. The molecule has 4 bridgehead atoms. The number of likely N-dealkylation sites (tertiary alicyclic amines) is 2. The highest BCUT2D eigenvalue weighted by molar-refractivity contribution is 6.01. The first-order valence-electron chi connectivity index (χ1n) is 22.8. The highest BCUT2D eigenvalue weighted by Gasteiger charge is 2.67. The van der Waals surface area contributed by atoms with E-state index in [0.717, 1.165) is 11.3 Å². The average molecular weight is 890 g/mol. The van der Waals surface area contributed by atoms with E-state index in [1.165, 1.54) is 0 Å². The summed E-state index contributed by atoms with van der Waals surface area (Å²) in [5, 5.41) is 24.7. The number of rotatable bonds is 9. The molecule has 3 heterocycles. The van der Waals surface area contributed by atoms with Crippen molar-refractivity contribution < 1.29 is 39.0 Å². The summed E-state index contributed by atoms with van der Waals surface area (Å²) in [6.45, 7) is 14.6. The van der Waals surface area contributed by atoms with Crippen molar-refractivity contribution in [3.8, 4) is 0 Å². The Bertz CT molecular complexity index is 2270. The molecule has 8 N–H and O–H groups in total. The second-order valence-electron chi connectivity index (χ2n) is 21.0. The van der Waals surface area contributed by atoms with Crippen LogP contribution in [-0.4, -0.2) is 93.1 Å². The zero-order chi connectivity index (χ0) is 47.2. The lowest BCUT2D eigenvalue weighted by molar-refractivity contribution is -0.150. The molecule has 15 nitrogen and oxygen atoms in total. The van der Waals surface area contributed by atoms with Gasteiger partial charge in [0.2, 0.25) is 11.8 Å². The molecule has 3 aliphatic heterocycles. The van der Waals surface area contributed by atoms with Gasteiger partial charge in [-0.15, -0.1) is 0 Å². The third-order valence-electron chi connectivity index (χ3n) is 16.2. The van der Waals surface area contributed by atoms with E-state index < -0.39 is 69.6 Å². The molecule has 0 saturated carbocycles. The number of nitrogens with zero attached hydrogens (tertiary/aromatic N) is 3. The minimum Gasteiger partial charge on any atom is -0.465 e. The summed E-state index contributed by atoms with van der Waals surface area (Å²) >= 11 is 0. The van der Waals surface area contributed by atoms with Gasteiger partial charge >= 0.3 is 12.2 Å². The van der Waals surface area contributed by atoms with Crippen molar-refractivity contribution in [1.82, 2.24) is 20.4 Å². The number of carboxylic acid groups (broad SMARTS) is 2. The van der Waals surface area contributed by atoms with Gasteiger partial charge in [0.25, 0.3) is 11.8 Å². The van der Waals surface area contributed by atoms with Crippen molar-refractivity contribution in [3.05, 3.63) is 101 Å². The van der Waals surface area contributed by atoms with Crippen LogP contribution in [0.2, 0.25) is 0 Å². The van der Waals surface area contributed by atoms with Crippen LogP contribution in [0, 0.1) is 10.8 Å². The summed E-state index contributed by atoms with van der Waals surface area (Å²) < 4.78 is 0. The maximum Gasteiger partial charge on any atom is 0.411 e. The molecule has 10 rings (SSSR count). The van der Waals surface area contributed by atoms with Crippen LogP contribution in [0.3, 0.4) is 0 Å². The molecular weight excluding hydrogens is 827 g/mol. The standard InChI is InChI=1S/C50H63N7O8/c1-46(2,3)30-20-22-33(23-21-30)57-36(34-10-8-26-55(34)49(42(60)53-44(62)63)31-16-12-28(13-17-31)38(40(51)58)47(49,4)5)24-25-37(57)35-11-9-27-56(35)50(43(61)54-45(64)65)32-18-14-29(15-19-32)39(41(52)59)48(50,6)7/h12-23,34-39H,8-11,24-27H2,1-7H3,(H2,51,58)(H2,52,59)(H,53,60)(H,54,61)(H,62,63)(H,64,65)/t34?,35?,36-,37-,38?,39?,49-,50-/m0/s1. The molecule has 4 aliphatic carbocycles. The molecule has 0 radical (unpaired) electrons. The largest absolute Gasteiger partial charge is 0.465 e. The first kappa shape index (κ1) is 45.8. The van der Waals surface area contributed by atoms with Crippen LogP contribution >= 0.6 is 0 Å². The number of imide groups is 2. The fraction of sp³-hybridized carbons (Fsp3) is 0.520. The Hall–Kier alpha value is -5.80. The first-order chi connectivity index (χ1) is 30.5. The van der Waals surface area contributed by atoms with E-state index in [-0.39, 0.29) is 29.6 Å². The zero-order valence-corrected chi connectivity index (χ0v) is 38.4. The summed E-state index contributed by atoms with van der Waals surface area (Å²) in [5.41, 5.74) is 10.9. The third kappa shape index (κ3) is 6.74. The number of hydrogen-bond donors (Lipinski definition) is 6. The van der Waals surface area contributed by atoms with Gasteiger partial charge in [0.15, 0.2) is 0 Å². The van der Waals surface area contributed by atoms with E-state index >= 15 is 9.59 Å². The van der Waals surface area contributed by atoms with Crippen LogP contribution in [0.25, 0.3) is 0 Å². The van der Waals surface area contributed by atoms with E-state index in [2.05, 4.69) is 70.4 Å². The number of benzene rings is 3. The lowest BCUT2D eigenvalue weighted by Gasteiger charge is -2.56. The Balaban J connectivity index is 1.30. The van der Waals surface area contributed by atoms with Crippen LogP contribution in [0.15, 0.2) is 72.8 Å². The Labute approximate surface area is 380 Å². The Kier molecular flexibility index (Phi) is 11.2.